The summed E-state index contributed by atoms with van der Waals surface area (Å²) in [7, 11) is -3.07. The van der Waals surface area contributed by atoms with Crippen molar-refractivity contribution in [3.8, 4) is 0 Å². The molecule has 21 heavy (non-hydrogen) atoms. The Morgan fingerprint density at radius 3 is 2.29 bits per heavy atom. The van der Waals surface area contributed by atoms with E-state index in [0.717, 1.165) is 12.1 Å². The van der Waals surface area contributed by atoms with Gasteiger partial charge in [0.1, 0.15) is 0 Å². The standard InChI is InChI=1S/C13H18F3NO3S/c1-2-21(19,20)8-7-17-9-12(18)10-3-5-11(6-4-10)13(14,15)16/h3-6,12,17-18H,2,7-9H2,1H3. The predicted molar refractivity (Wildman–Crippen MR) is 73.6 cm³/mol. The first-order chi connectivity index (χ1) is 9.65. The Labute approximate surface area is 121 Å². The molecule has 0 bridgehead atoms. The second-order valence-corrected chi connectivity index (χ2v) is 7.05. The number of halogens is 3. The third kappa shape index (κ3) is 6.03. The van der Waals surface area contributed by atoms with Crippen LogP contribution < -0.4 is 5.32 Å². The molecule has 0 fully saturated rings. The molecule has 8 heteroatoms. The summed E-state index contributed by atoms with van der Waals surface area (Å²) in [6.07, 6.45) is -5.40. The molecule has 2 N–H and O–H groups in total. The van der Waals surface area contributed by atoms with Gasteiger partial charge in [-0.25, -0.2) is 8.42 Å². The minimum Gasteiger partial charge on any atom is -0.387 e. The van der Waals surface area contributed by atoms with Crippen LogP contribution in [0.3, 0.4) is 0 Å². The van der Waals surface area contributed by atoms with Crippen molar-refractivity contribution in [3.05, 3.63) is 35.4 Å². The lowest BCUT2D eigenvalue weighted by Crippen LogP contribution is -2.27. The molecule has 0 saturated carbocycles. The first-order valence-corrected chi connectivity index (χ1v) is 8.24. The topological polar surface area (TPSA) is 66.4 Å². The van der Waals surface area contributed by atoms with E-state index in [1.54, 1.807) is 6.92 Å². The molecule has 0 aliphatic heterocycles. The third-order valence-electron chi connectivity index (χ3n) is 2.99. The van der Waals surface area contributed by atoms with Gasteiger partial charge in [0.15, 0.2) is 9.84 Å². The van der Waals surface area contributed by atoms with Crippen LogP contribution in [0.2, 0.25) is 0 Å². The molecule has 0 aliphatic rings. The summed E-state index contributed by atoms with van der Waals surface area (Å²) in [4.78, 5) is 0. The summed E-state index contributed by atoms with van der Waals surface area (Å²) in [5.41, 5.74) is -0.436. The highest BCUT2D eigenvalue weighted by molar-refractivity contribution is 7.91. The molecule has 1 unspecified atom stereocenters. The fraction of sp³-hybridized carbons (Fsp3) is 0.538. The van der Waals surface area contributed by atoms with Crippen LogP contribution in [-0.4, -0.2) is 38.1 Å². The average Bonchev–Trinajstić information content (AvgIpc) is 2.42. The molecular weight excluding hydrogens is 307 g/mol. The third-order valence-corrected chi connectivity index (χ3v) is 4.70. The smallest absolute Gasteiger partial charge is 0.387 e. The van der Waals surface area contributed by atoms with E-state index in [-0.39, 0.29) is 24.6 Å². The highest BCUT2D eigenvalue weighted by atomic mass is 32.2. The molecule has 1 aromatic carbocycles. The second kappa shape index (κ2) is 7.24. The molecule has 0 aliphatic carbocycles. The summed E-state index contributed by atoms with van der Waals surface area (Å²) in [6, 6.07) is 4.22. The zero-order valence-electron chi connectivity index (χ0n) is 11.5. The number of alkyl halides is 3. The van der Waals surface area contributed by atoms with Crippen LogP contribution in [0.25, 0.3) is 0 Å². The summed E-state index contributed by atoms with van der Waals surface area (Å²) >= 11 is 0. The molecule has 0 aromatic heterocycles. The number of aliphatic hydroxyl groups excluding tert-OH is 1. The number of benzene rings is 1. The summed E-state index contributed by atoms with van der Waals surface area (Å²) in [5, 5.41) is 12.6. The van der Waals surface area contributed by atoms with Gasteiger partial charge in [-0.3, -0.25) is 0 Å². The number of sulfone groups is 1. The molecule has 1 atom stereocenters. The van der Waals surface area contributed by atoms with Gasteiger partial charge in [-0.05, 0) is 17.7 Å². The lowest BCUT2D eigenvalue weighted by Gasteiger charge is -2.13. The van der Waals surface area contributed by atoms with Gasteiger partial charge in [-0.1, -0.05) is 19.1 Å². The van der Waals surface area contributed by atoms with Gasteiger partial charge in [0.05, 0.1) is 17.4 Å². The Morgan fingerprint density at radius 2 is 1.81 bits per heavy atom. The maximum atomic E-state index is 12.4. The van der Waals surface area contributed by atoms with Crippen molar-refractivity contribution in [2.75, 3.05) is 24.6 Å². The molecule has 4 nitrogen and oxygen atoms in total. The highest BCUT2D eigenvalue weighted by Crippen LogP contribution is 2.29. The Hall–Kier alpha value is -1.12. The second-order valence-electron chi connectivity index (χ2n) is 4.58. The van der Waals surface area contributed by atoms with E-state index in [2.05, 4.69) is 5.32 Å². The van der Waals surface area contributed by atoms with Crippen LogP contribution in [0.5, 0.6) is 0 Å². The van der Waals surface area contributed by atoms with E-state index in [1.807, 2.05) is 0 Å². The Balaban J connectivity index is 2.47. The Bertz CT molecular complexity index is 541. The molecular formula is C13H18F3NO3S. The van der Waals surface area contributed by atoms with E-state index in [4.69, 9.17) is 0 Å². The molecule has 0 radical (unpaired) electrons. The van der Waals surface area contributed by atoms with Gasteiger partial charge in [0, 0.05) is 18.8 Å². The van der Waals surface area contributed by atoms with Crippen LogP contribution >= 0.6 is 0 Å². The van der Waals surface area contributed by atoms with Crippen molar-refractivity contribution in [2.45, 2.75) is 19.2 Å². The maximum Gasteiger partial charge on any atom is 0.416 e. The Kier molecular flexibility index (Phi) is 6.18. The Morgan fingerprint density at radius 1 is 1.24 bits per heavy atom. The number of nitrogens with one attached hydrogen (secondary N) is 1. The first kappa shape index (κ1) is 17.9. The van der Waals surface area contributed by atoms with Crippen LogP contribution in [0.15, 0.2) is 24.3 Å². The number of rotatable bonds is 7. The monoisotopic (exact) mass is 325 g/mol. The number of aliphatic hydroxyl groups is 1. The summed E-state index contributed by atoms with van der Waals surface area (Å²) < 4.78 is 59.6. The fourth-order valence-electron chi connectivity index (χ4n) is 1.62. The molecule has 0 heterocycles. The van der Waals surface area contributed by atoms with E-state index in [1.165, 1.54) is 12.1 Å². The minimum absolute atomic E-state index is 0.0385. The fourth-order valence-corrected chi connectivity index (χ4v) is 2.37. The van der Waals surface area contributed by atoms with Gasteiger partial charge in [0.2, 0.25) is 0 Å². The number of hydrogen-bond donors (Lipinski definition) is 2. The van der Waals surface area contributed by atoms with Crippen molar-refractivity contribution < 1.29 is 26.7 Å². The van der Waals surface area contributed by atoms with Crippen LogP contribution in [0.4, 0.5) is 13.2 Å². The van der Waals surface area contributed by atoms with Crippen LogP contribution in [0.1, 0.15) is 24.2 Å². The SMILES string of the molecule is CCS(=O)(=O)CCNCC(O)c1ccc(C(F)(F)F)cc1. The molecule has 0 saturated heterocycles. The zero-order valence-corrected chi connectivity index (χ0v) is 12.3. The van der Waals surface area contributed by atoms with E-state index >= 15 is 0 Å². The van der Waals surface area contributed by atoms with E-state index < -0.39 is 27.7 Å². The normalized spacial score (nSPS) is 14.1. The van der Waals surface area contributed by atoms with E-state index in [9.17, 15) is 26.7 Å². The molecule has 1 aromatic rings. The van der Waals surface area contributed by atoms with Crippen LogP contribution in [0, 0.1) is 0 Å². The maximum absolute atomic E-state index is 12.4. The van der Waals surface area contributed by atoms with Gasteiger partial charge in [0.25, 0.3) is 0 Å². The molecule has 1 rings (SSSR count). The molecule has 0 spiro atoms. The largest absolute Gasteiger partial charge is 0.416 e. The van der Waals surface area contributed by atoms with Crippen LogP contribution in [-0.2, 0) is 16.0 Å². The quantitative estimate of drug-likeness (QED) is 0.750. The van der Waals surface area contributed by atoms with Crippen molar-refractivity contribution in [3.63, 3.8) is 0 Å². The summed E-state index contributed by atoms with van der Waals surface area (Å²) in [5.74, 6) is 0.0133. The molecule has 120 valence electrons. The zero-order chi connectivity index (χ0) is 16.1. The number of hydrogen-bond acceptors (Lipinski definition) is 4. The predicted octanol–water partition coefficient (Wildman–Crippen LogP) is 1.76. The summed E-state index contributed by atoms with van der Waals surface area (Å²) in [6.45, 7) is 1.81. The lowest BCUT2D eigenvalue weighted by molar-refractivity contribution is -0.137. The highest BCUT2D eigenvalue weighted by Gasteiger charge is 2.30. The van der Waals surface area contributed by atoms with Gasteiger partial charge in [-0.2, -0.15) is 13.2 Å². The first-order valence-electron chi connectivity index (χ1n) is 6.42. The van der Waals surface area contributed by atoms with Gasteiger partial charge >= 0.3 is 6.18 Å². The van der Waals surface area contributed by atoms with Gasteiger partial charge in [-0.15, -0.1) is 0 Å². The molecule has 0 amide bonds. The lowest BCUT2D eigenvalue weighted by atomic mass is 10.1. The van der Waals surface area contributed by atoms with Gasteiger partial charge < -0.3 is 10.4 Å². The average molecular weight is 325 g/mol. The van der Waals surface area contributed by atoms with Crippen molar-refractivity contribution in [1.82, 2.24) is 5.32 Å². The van der Waals surface area contributed by atoms with Crippen molar-refractivity contribution >= 4 is 9.84 Å². The minimum atomic E-state index is -4.41. The van der Waals surface area contributed by atoms with E-state index in [0.29, 0.717) is 5.56 Å². The van der Waals surface area contributed by atoms with Crippen molar-refractivity contribution in [1.29, 1.82) is 0 Å². The van der Waals surface area contributed by atoms with Crippen molar-refractivity contribution in [2.24, 2.45) is 0 Å².